The van der Waals surface area contributed by atoms with Gasteiger partial charge in [0.15, 0.2) is 0 Å². The van der Waals surface area contributed by atoms with Crippen molar-refractivity contribution >= 4 is 29.1 Å². The molecule has 0 spiro atoms. The number of hydrogen-bond donors (Lipinski definition) is 1. The number of rotatable bonds is 5. The minimum absolute atomic E-state index is 0.117. The molecule has 12 heteroatoms. The molecule has 10 nitrogen and oxygen atoms in total. The summed E-state index contributed by atoms with van der Waals surface area (Å²) < 4.78 is 23.2. The minimum atomic E-state index is -1.26. The number of imide groups is 1. The van der Waals surface area contributed by atoms with Crippen LogP contribution >= 0.6 is 11.6 Å². The molecule has 6 rings (SSSR count). The van der Waals surface area contributed by atoms with E-state index in [9.17, 15) is 23.6 Å². The largest absolute Gasteiger partial charge is 0.491 e. The number of carbonyl (C=O) groups excluding carboxylic acids is 2. The summed E-state index contributed by atoms with van der Waals surface area (Å²) in [6.07, 6.45) is 1.99. The fourth-order valence-electron chi connectivity index (χ4n) is 6.56. The first kappa shape index (κ1) is 26.3. The van der Waals surface area contributed by atoms with E-state index >= 15 is 0 Å². The van der Waals surface area contributed by atoms with Gasteiger partial charge in [0.2, 0.25) is 11.8 Å². The third-order valence-corrected chi connectivity index (χ3v) is 8.75. The summed E-state index contributed by atoms with van der Waals surface area (Å²) >= 11 is 6.01. The molecule has 0 bridgehead atoms. The second kappa shape index (κ2) is 9.31. The number of aliphatic hydroxyl groups excluding tert-OH is 1. The van der Waals surface area contributed by atoms with Gasteiger partial charge >= 0.3 is 11.4 Å². The van der Waals surface area contributed by atoms with E-state index in [4.69, 9.17) is 21.4 Å². The molecule has 2 fully saturated rings. The molecule has 3 heterocycles. The van der Waals surface area contributed by atoms with Gasteiger partial charge in [0.05, 0.1) is 41.2 Å². The van der Waals surface area contributed by atoms with Crippen LogP contribution in [-0.2, 0) is 23.2 Å². The molecule has 40 heavy (non-hydrogen) atoms. The van der Waals surface area contributed by atoms with Crippen molar-refractivity contribution in [3.63, 3.8) is 0 Å². The Balaban J connectivity index is 1.53. The SMILES string of the molecule is Cn1c(=O)n2n(c1=O)[C@@H]1C[C@H]3C(=O)N(c4ccc(F)c(Cl)c4)C(=O)[C@@]3(C)[C@@H](c3ccc(OCCO)cc3)C1=CC2. The maximum atomic E-state index is 14.3. The topological polar surface area (TPSA) is 116 Å². The van der Waals surface area contributed by atoms with E-state index in [-0.39, 0.29) is 36.9 Å². The van der Waals surface area contributed by atoms with E-state index in [1.165, 1.54) is 28.5 Å². The zero-order valence-corrected chi connectivity index (χ0v) is 22.5. The summed E-state index contributed by atoms with van der Waals surface area (Å²) in [5.41, 5.74) is -0.583. The summed E-state index contributed by atoms with van der Waals surface area (Å²) in [6.45, 7) is 1.85. The normalized spacial score (nSPS) is 25.4. The van der Waals surface area contributed by atoms with Crippen LogP contribution in [0.1, 0.15) is 30.9 Å². The molecule has 1 saturated carbocycles. The van der Waals surface area contributed by atoms with Crippen LogP contribution in [-0.4, -0.2) is 44.1 Å². The van der Waals surface area contributed by atoms with Crippen molar-refractivity contribution in [3.8, 4) is 5.75 Å². The van der Waals surface area contributed by atoms with Crippen LogP contribution < -0.4 is 21.0 Å². The lowest BCUT2D eigenvalue weighted by molar-refractivity contribution is -0.129. The number of ether oxygens (including phenoxy) is 1. The molecule has 0 radical (unpaired) electrons. The highest BCUT2D eigenvalue weighted by Gasteiger charge is 2.65. The Labute approximate surface area is 232 Å². The molecule has 1 N–H and O–H groups in total. The lowest BCUT2D eigenvalue weighted by Crippen LogP contribution is -2.49. The van der Waals surface area contributed by atoms with Crippen LogP contribution in [0.4, 0.5) is 10.1 Å². The molecular weight excluding hydrogens is 543 g/mol. The molecule has 2 aliphatic heterocycles. The third-order valence-electron chi connectivity index (χ3n) is 8.46. The molecule has 3 aromatic rings. The van der Waals surface area contributed by atoms with Gasteiger partial charge in [-0.2, -0.15) is 0 Å². The first-order valence-electron chi connectivity index (χ1n) is 12.8. The molecule has 208 valence electrons. The molecule has 4 atom stereocenters. The average Bonchev–Trinajstić information content (AvgIpc) is 3.28. The predicted octanol–water partition coefficient (Wildman–Crippen LogP) is 2.38. The Bertz CT molecular complexity index is 1710. The standard InChI is InChI=1S/C28H26ClFN4O6/c1-28-19(24(36)33(25(28)37)16-5-8-21(30)20(29)13-16)14-22-18(9-10-32-26(38)31(2)27(39)34(22)32)23(28)15-3-6-17(7-4-15)40-12-11-35/h3-9,13,19,22-23,35H,10-12,14H2,1-2H3/t19-,22+,23-,28+/m0/s1. The summed E-state index contributed by atoms with van der Waals surface area (Å²) in [5.74, 6) is -2.57. The van der Waals surface area contributed by atoms with Crippen LogP contribution in [0.3, 0.4) is 0 Å². The van der Waals surface area contributed by atoms with Gasteiger partial charge in [-0.05, 0) is 54.8 Å². The lowest BCUT2D eigenvalue weighted by atomic mass is 9.56. The summed E-state index contributed by atoms with van der Waals surface area (Å²) in [5, 5.41) is 8.87. The fraction of sp³-hybridized carbons (Fsp3) is 0.357. The van der Waals surface area contributed by atoms with Crippen LogP contribution in [0.2, 0.25) is 5.02 Å². The summed E-state index contributed by atoms with van der Waals surface area (Å²) in [6, 6.07) is 10.1. The van der Waals surface area contributed by atoms with Crippen molar-refractivity contribution in [2.24, 2.45) is 18.4 Å². The molecule has 1 aromatic heterocycles. The Morgan fingerprint density at radius 2 is 1.82 bits per heavy atom. The van der Waals surface area contributed by atoms with E-state index in [2.05, 4.69) is 0 Å². The molecule has 2 amide bonds. The van der Waals surface area contributed by atoms with Gasteiger partial charge in [0, 0.05) is 13.0 Å². The summed E-state index contributed by atoms with van der Waals surface area (Å²) in [7, 11) is 1.41. The molecule has 2 aromatic carbocycles. The number of benzene rings is 2. The number of allylic oxidation sites excluding steroid dienone is 2. The molecule has 1 aliphatic carbocycles. The lowest BCUT2D eigenvalue weighted by Gasteiger charge is -2.47. The maximum Gasteiger partial charge on any atom is 0.347 e. The van der Waals surface area contributed by atoms with Gasteiger partial charge in [-0.25, -0.2) is 32.8 Å². The number of halogens is 2. The van der Waals surface area contributed by atoms with Gasteiger partial charge in [0.25, 0.3) is 0 Å². The molecule has 0 unspecified atom stereocenters. The van der Waals surface area contributed by atoms with Crippen molar-refractivity contribution in [2.75, 3.05) is 18.1 Å². The van der Waals surface area contributed by atoms with E-state index in [1.807, 2.05) is 6.08 Å². The van der Waals surface area contributed by atoms with Gasteiger partial charge in [-0.3, -0.25) is 9.59 Å². The van der Waals surface area contributed by atoms with Crippen molar-refractivity contribution in [2.45, 2.75) is 31.8 Å². The van der Waals surface area contributed by atoms with Crippen LogP contribution in [0.25, 0.3) is 0 Å². The Hall–Kier alpha value is -3.96. The molecular formula is C28H26ClFN4O6. The van der Waals surface area contributed by atoms with E-state index in [0.29, 0.717) is 5.75 Å². The van der Waals surface area contributed by atoms with Crippen molar-refractivity contribution in [1.82, 2.24) is 13.9 Å². The number of aliphatic hydroxyl groups is 1. The van der Waals surface area contributed by atoms with Gasteiger partial charge in [-0.15, -0.1) is 0 Å². The summed E-state index contributed by atoms with van der Waals surface area (Å²) in [4.78, 5) is 55.2. The van der Waals surface area contributed by atoms with E-state index in [1.54, 1.807) is 31.2 Å². The van der Waals surface area contributed by atoms with Crippen LogP contribution in [0.5, 0.6) is 5.75 Å². The second-order valence-electron chi connectivity index (χ2n) is 10.5. The number of anilines is 1. The first-order valence-corrected chi connectivity index (χ1v) is 13.2. The zero-order valence-electron chi connectivity index (χ0n) is 21.7. The van der Waals surface area contributed by atoms with E-state index in [0.717, 1.165) is 26.7 Å². The zero-order chi connectivity index (χ0) is 28.5. The van der Waals surface area contributed by atoms with Gasteiger partial charge < -0.3 is 9.84 Å². The number of aromatic nitrogens is 3. The van der Waals surface area contributed by atoms with Crippen LogP contribution in [0.15, 0.2) is 63.7 Å². The number of fused-ring (bicyclic) bond motifs is 4. The fourth-order valence-corrected chi connectivity index (χ4v) is 6.73. The van der Waals surface area contributed by atoms with Gasteiger partial charge in [0.1, 0.15) is 18.2 Å². The van der Waals surface area contributed by atoms with Crippen molar-refractivity contribution in [1.29, 1.82) is 0 Å². The monoisotopic (exact) mass is 568 g/mol. The number of nitrogens with zero attached hydrogens (tertiary/aromatic N) is 4. The smallest absolute Gasteiger partial charge is 0.347 e. The Kier molecular flexibility index (Phi) is 6.11. The number of hydrogen-bond acceptors (Lipinski definition) is 6. The molecule has 3 aliphatic rings. The van der Waals surface area contributed by atoms with Crippen LogP contribution in [0, 0.1) is 17.2 Å². The van der Waals surface area contributed by atoms with Gasteiger partial charge in [-0.1, -0.05) is 29.8 Å². The quantitative estimate of drug-likeness (QED) is 0.373. The van der Waals surface area contributed by atoms with Crippen molar-refractivity contribution < 1.29 is 23.8 Å². The van der Waals surface area contributed by atoms with E-state index < -0.39 is 52.3 Å². The Morgan fingerprint density at radius 3 is 2.50 bits per heavy atom. The predicted molar refractivity (Wildman–Crippen MR) is 143 cm³/mol. The Morgan fingerprint density at radius 1 is 1.10 bits per heavy atom. The minimum Gasteiger partial charge on any atom is -0.491 e. The highest BCUT2D eigenvalue weighted by Crippen LogP contribution is 2.61. The molecule has 1 saturated heterocycles. The third kappa shape index (κ3) is 3.57. The van der Waals surface area contributed by atoms with Crippen molar-refractivity contribution in [3.05, 3.63) is 91.5 Å². The average molecular weight is 569 g/mol. The number of carbonyl (C=O) groups is 2. The highest BCUT2D eigenvalue weighted by molar-refractivity contribution is 6.31. The first-order chi connectivity index (χ1) is 19.1. The highest BCUT2D eigenvalue weighted by atomic mass is 35.5. The maximum absolute atomic E-state index is 14.3. The number of amides is 2. The second-order valence-corrected chi connectivity index (χ2v) is 10.9.